The molecule has 0 saturated heterocycles. The maximum absolute atomic E-state index is 14.1. The summed E-state index contributed by atoms with van der Waals surface area (Å²) >= 11 is 3.33. The smallest absolute Gasteiger partial charge is 0.129 e. The van der Waals surface area contributed by atoms with Gasteiger partial charge in [-0.15, -0.1) is 0 Å². The second-order valence-corrected chi connectivity index (χ2v) is 6.64. The highest BCUT2D eigenvalue weighted by Gasteiger charge is 2.14. The van der Waals surface area contributed by atoms with Gasteiger partial charge < -0.3 is 5.32 Å². The van der Waals surface area contributed by atoms with Gasteiger partial charge in [-0.3, -0.25) is 0 Å². The van der Waals surface area contributed by atoms with Gasteiger partial charge in [0.2, 0.25) is 0 Å². The average molecular weight is 358 g/mol. The van der Waals surface area contributed by atoms with Gasteiger partial charge in [-0.25, -0.2) is 4.39 Å². The van der Waals surface area contributed by atoms with Crippen molar-refractivity contribution >= 4 is 15.9 Å². The van der Waals surface area contributed by atoms with Gasteiger partial charge in [0, 0.05) is 16.1 Å². The Morgan fingerprint density at radius 1 is 1.05 bits per heavy atom. The quantitative estimate of drug-likeness (QED) is 0.453. The summed E-state index contributed by atoms with van der Waals surface area (Å²) in [7, 11) is 0. The lowest BCUT2D eigenvalue weighted by Crippen LogP contribution is -2.23. The molecule has 1 nitrogen and oxygen atoms in total. The summed E-state index contributed by atoms with van der Waals surface area (Å²) in [5, 5.41) is 3.49. The van der Waals surface area contributed by atoms with Crippen molar-refractivity contribution in [3.63, 3.8) is 0 Å². The van der Waals surface area contributed by atoms with Gasteiger partial charge in [0.05, 0.1) is 0 Å². The lowest BCUT2D eigenvalue weighted by Gasteiger charge is -2.20. The third-order valence-corrected chi connectivity index (χ3v) is 4.32. The summed E-state index contributed by atoms with van der Waals surface area (Å²) in [4.78, 5) is 0. The second kappa shape index (κ2) is 11.2. The van der Waals surface area contributed by atoms with Crippen LogP contribution in [0.2, 0.25) is 0 Å². The van der Waals surface area contributed by atoms with Crippen LogP contribution >= 0.6 is 15.9 Å². The maximum Gasteiger partial charge on any atom is 0.129 e. The molecule has 120 valence electrons. The highest BCUT2D eigenvalue weighted by Crippen LogP contribution is 2.25. The largest absolute Gasteiger partial charge is 0.310 e. The number of nitrogens with one attached hydrogen (secondary N) is 1. The molecule has 1 rings (SSSR count). The zero-order chi connectivity index (χ0) is 15.5. The Morgan fingerprint density at radius 3 is 2.43 bits per heavy atom. The van der Waals surface area contributed by atoms with Crippen molar-refractivity contribution in [1.29, 1.82) is 0 Å². The molecule has 21 heavy (non-hydrogen) atoms. The van der Waals surface area contributed by atoms with Crippen molar-refractivity contribution in [2.75, 3.05) is 6.54 Å². The van der Waals surface area contributed by atoms with Crippen LogP contribution < -0.4 is 5.32 Å². The normalized spacial score (nSPS) is 12.6. The highest BCUT2D eigenvalue weighted by atomic mass is 79.9. The molecule has 0 aliphatic rings. The fraction of sp³-hybridized carbons (Fsp3) is 0.667. The number of halogens is 2. The molecule has 1 aromatic carbocycles. The summed E-state index contributed by atoms with van der Waals surface area (Å²) in [6, 6.07) is 5.55. The molecule has 0 heterocycles. The number of hydrogen-bond donors (Lipinski definition) is 1. The Bertz CT molecular complexity index is 395. The molecule has 0 saturated carbocycles. The van der Waals surface area contributed by atoms with Crippen LogP contribution in [0.25, 0.3) is 0 Å². The Labute approximate surface area is 137 Å². The summed E-state index contributed by atoms with van der Waals surface area (Å²) in [6.07, 6.45) is 9.76. The van der Waals surface area contributed by atoms with E-state index in [1.807, 2.05) is 12.1 Å². The Kier molecular flexibility index (Phi) is 9.94. The first-order valence-corrected chi connectivity index (χ1v) is 9.16. The van der Waals surface area contributed by atoms with E-state index in [2.05, 4.69) is 35.1 Å². The molecule has 0 bridgehead atoms. The topological polar surface area (TPSA) is 12.0 Å². The number of benzene rings is 1. The van der Waals surface area contributed by atoms with E-state index in [9.17, 15) is 4.39 Å². The van der Waals surface area contributed by atoms with Crippen molar-refractivity contribution < 1.29 is 4.39 Å². The average Bonchev–Trinajstić information content (AvgIpc) is 2.46. The summed E-state index contributed by atoms with van der Waals surface area (Å²) in [6.45, 7) is 5.32. The van der Waals surface area contributed by atoms with Crippen molar-refractivity contribution in [3.05, 3.63) is 34.1 Å². The standard InChI is InChI=1S/C18H29BrFN/c1-3-5-6-7-8-9-10-18(21-13-4-2)16-12-11-15(19)14-17(16)20/h11-12,14,18,21H,3-10,13H2,1-2H3. The number of unbranched alkanes of at least 4 members (excludes halogenated alkanes) is 5. The van der Waals surface area contributed by atoms with Gasteiger partial charge in [0.15, 0.2) is 0 Å². The van der Waals surface area contributed by atoms with Gasteiger partial charge in [-0.1, -0.05) is 74.4 Å². The fourth-order valence-corrected chi connectivity index (χ4v) is 2.93. The predicted octanol–water partition coefficient (Wildman–Crippen LogP) is 6.38. The van der Waals surface area contributed by atoms with Crippen molar-refractivity contribution in [3.8, 4) is 0 Å². The van der Waals surface area contributed by atoms with Crippen LogP contribution in [-0.4, -0.2) is 6.54 Å². The zero-order valence-corrected chi connectivity index (χ0v) is 15.0. The lowest BCUT2D eigenvalue weighted by atomic mass is 9.99. The highest BCUT2D eigenvalue weighted by molar-refractivity contribution is 9.10. The van der Waals surface area contributed by atoms with E-state index in [0.717, 1.165) is 29.4 Å². The van der Waals surface area contributed by atoms with E-state index in [1.54, 1.807) is 6.07 Å². The monoisotopic (exact) mass is 357 g/mol. The molecule has 0 aromatic heterocycles. The molecule has 1 atom stereocenters. The molecule has 0 fully saturated rings. The van der Waals surface area contributed by atoms with Gasteiger partial charge in [0.1, 0.15) is 5.82 Å². The van der Waals surface area contributed by atoms with E-state index in [1.165, 1.54) is 38.5 Å². The second-order valence-electron chi connectivity index (χ2n) is 5.73. The van der Waals surface area contributed by atoms with Crippen LogP contribution in [0.15, 0.2) is 22.7 Å². The molecular weight excluding hydrogens is 329 g/mol. The Hall–Kier alpha value is -0.410. The fourth-order valence-electron chi connectivity index (χ4n) is 2.60. The van der Waals surface area contributed by atoms with E-state index in [0.29, 0.717) is 0 Å². The summed E-state index contributed by atoms with van der Waals surface area (Å²) in [5.41, 5.74) is 0.806. The van der Waals surface area contributed by atoms with Crippen molar-refractivity contribution in [2.45, 2.75) is 71.3 Å². The molecular formula is C18H29BrFN. The first-order chi connectivity index (χ1) is 10.2. The first-order valence-electron chi connectivity index (χ1n) is 8.37. The molecule has 1 aromatic rings. The predicted molar refractivity (Wildman–Crippen MR) is 93.1 cm³/mol. The minimum atomic E-state index is -0.107. The van der Waals surface area contributed by atoms with Crippen LogP contribution in [0.5, 0.6) is 0 Å². The van der Waals surface area contributed by atoms with Crippen LogP contribution in [0.1, 0.15) is 76.8 Å². The molecule has 0 aliphatic heterocycles. The lowest BCUT2D eigenvalue weighted by molar-refractivity contribution is 0.448. The SMILES string of the molecule is CCCCCCCCC(NCCC)c1ccc(Br)cc1F. The molecule has 0 spiro atoms. The summed E-state index contributed by atoms with van der Waals surface area (Å²) in [5.74, 6) is -0.107. The van der Waals surface area contributed by atoms with Crippen LogP contribution in [0.3, 0.4) is 0 Å². The Balaban J connectivity index is 2.50. The van der Waals surface area contributed by atoms with Gasteiger partial charge in [-0.2, -0.15) is 0 Å². The first kappa shape index (κ1) is 18.6. The summed E-state index contributed by atoms with van der Waals surface area (Å²) < 4.78 is 14.9. The van der Waals surface area contributed by atoms with Crippen LogP contribution in [-0.2, 0) is 0 Å². The van der Waals surface area contributed by atoms with Gasteiger partial charge >= 0.3 is 0 Å². The molecule has 3 heteroatoms. The Morgan fingerprint density at radius 2 is 1.76 bits per heavy atom. The van der Waals surface area contributed by atoms with E-state index in [4.69, 9.17) is 0 Å². The molecule has 1 N–H and O–H groups in total. The van der Waals surface area contributed by atoms with Gasteiger partial charge in [0.25, 0.3) is 0 Å². The number of hydrogen-bond acceptors (Lipinski definition) is 1. The molecule has 0 amide bonds. The van der Waals surface area contributed by atoms with Gasteiger partial charge in [-0.05, 0) is 31.5 Å². The number of rotatable bonds is 11. The van der Waals surface area contributed by atoms with Crippen LogP contribution in [0.4, 0.5) is 4.39 Å². The zero-order valence-electron chi connectivity index (χ0n) is 13.4. The van der Waals surface area contributed by atoms with E-state index in [-0.39, 0.29) is 11.9 Å². The molecule has 1 unspecified atom stereocenters. The molecule has 0 aliphatic carbocycles. The third-order valence-electron chi connectivity index (χ3n) is 3.83. The van der Waals surface area contributed by atoms with E-state index < -0.39 is 0 Å². The van der Waals surface area contributed by atoms with Crippen LogP contribution in [0, 0.1) is 5.82 Å². The minimum Gasteiger partial charge on any atom is -0.310 e. The van der Waals surface area contributed by atoms with Crippen molar-refractivity contribution in [1.82, 2.24) is 5.32 Å². The van der Waals surface area contributed by atoms with Crippen molar-refractivity contribution in [2.24, 2.45) is 0 Å². The minimum absolute atomic E-state index is 0.107. The maximum atomic E-state index is 14.1. The third kappa shape index (κ3) is 7.42. The molecule has 0 radical (unpaired) electrons. The van der Waals surface area contributed by atoms with E-state index >= 15 is 0 Å².